The van der Waals surface area contributed by atoms with Crippen molar-refractivity contribution in [3.63, 3.8) is 0 Å². The van der Waals surface area contributed by atoms with Crippen LogP contribution in [0.4, 0.5) is 0 Å². The maximum atomic E-state index is 4.63. The van der Waals surface area contributed by atoms with Crippen molar-refractivity contribution in [1.82, 2.24) is 19.9 Å². The molecule has 0 atom stereocenters. The second-order valence-electron chi connectivity index (χ2n) is 8.36. The molecule has 8 bridgehead atoms. The monoisotopic (exact) mass is 466 g/mol. The number of nitrogens with zero attached hydrogens (tertiary/aromatic N) is 2. The molecule has 4 nitrogen and oxygen atoms in total. The molecule has 0 saturated carbocycles. The van der Waals surface area contributed by atoms with Gasteiger partial charge >= 0.3 is 53.9 Å². The van der Waals surface area contributed by atoms with Crippen molar-refractivity contribution >= 4 is 54.4 Å². The van der Waals surface area contributed by atoms with Gasteiger partial charge in [0.15, 0.2) is 0 Å². The van der Waals surface area contributed by atoms with Crippen molar-refractivity contribution in [2.24, 2.45) is 0 Å². The van der Waals surface area contributed by atoms with E-state index in [1.807, 2.05) is 48.6 Å². The molecular weight excluding hydrogens is 443 g/mol. The number of H-pyrrole nitrogens is 2. The zero-order valence-corrected chi connectivity index (χ0v) is 19.7. The average Bonchev–Trinajstić information content (AvgIpc) is 3.47. The summed E-state index contributed by atoms with van der Waals surface area (Å²) in [7, 11) is -1.10. The molecule has 3 aromatic rings. The number of hydrogen-bond donors (Lipinski definition) is 2. The van der Waals surface area contributed by atoms with Gasteiger partial charge in [0.2, 0.25) is 0 Å². The van der Waals surface area contributed by atoms with Gasteiger partial charge in [0, 0.05) is 22.1 Å². The molecule has 156 valence electrons. The predicted octanol–water partition coefficient (Wildman–Crippen LogP) is 6.03. The number of fused-ring (bicyclic) bond motifs is 8. The number of nitrogens with one attached hydrogen (secondary N) is 2. The summed E-state index contributed by atoms with van der Waals surface area (Å²) in [5.74, 6) is 0. The molecule has 3 aromatic heterocycles. The molecule has 0 spiro atoms. The van der Waals surface area contributed by atoms with Crippen LogP contribution in [-0.4, -0.2) is 28.0 Å². The minimum atomic E-state index is -1.10. The van der Waals surface area contributed by atoms with Crippen molar-refractivity contribution in [1.29, 1.82) is 0 Å². The van der Waals surface area contributed by atoms with Crippen molar-refractivity contribution in [3.8, 4) is 10.4 Å². The van der Waals surface area contributed by atoms with Crippen LogP contribution in [0.15, 0.2) is 48.5 Å². The molecule has 31 heavy (non-hydrogen) atoms. The molecule has 0 aliphatic carbocycles. The zero-order chi connectivity index (χ0) is 21.8. The van der Waals surface area contributed by atoms with Crippen LogP contribution in [0.3, 0.4) is 0 Å². The molecule has 0 radical (unpaired) electrons. The third-order valence-corrected chi connectivity index (χ3v) is 5.68. The normalized spacial score (nSPS) is 12.0. The molecule has 5 rings (SSSR count). The standard InChI is InChI=1S/C20H14N4.C5H9Si.Co/c1-2-14-10-16-5-6-18(23-16)12-20-8-7-19(24-20)11-17-4-3-15(22-17)9-13(1)21-14;1-5-6(2,3)4;/h1-12,21,24H;2-4H3;. The zero-order valence-electron chi connectivity index (χ0n) is 17.7. The van der Waals surface area contributed by atoms with Crippen LogP contribution < -0.4 is 0 Å². The van der Waals surface area contributed by atoms with Crippen LogP contribution in [-0.2, 0) is 15.7 Å². The summed E-state index contributed by atoms with van der Waals surface area (Å²) in [6, 6.07) is 16.4. The summed E-state index contributed by atoms with van der Waals surface area (Å²) in [5, 5.41) is 0. The third-order valence-electron chi connectivity index (χ3n) is 4.46. The van der Waals surface area contributed by atoms with E-state index in [4.69, 9.17) is 0 Å². The van der Waals surface area contributed by atoms with E-state index in [-0.39, 0.29) is 0 Å². The Hall–Kier alpha value is -3.12. The maximum absolute atomic E-state index is 4.63. The van der Waals surface area contributed by atoms with Crippen LogP contribution >= 0.6 is 0 Å². The average molecular weight is 467 g/mol. The SMILES string of the molecule is C1=Cc2cc3ccc(cc4nc(cc5ccc(cc1n2)[nH]5)C=C4)[nH]3.C[Si](C)(C)C#[C][Co]. The predicted molar refractivity (Wildman–Crippen MR) is 130 cm³/mol. The van der Waals surface area contributed by atoms with Crippen molar-refractivity contribution in [3.05, 3.63) is 71.3 Å². The molecule has 0 aromatic carbocycles. The molecule has 0 amide bonds. The van der Waals surface area contributed by atoms with E-state index in [1.165, 1.54) is 0 Å². The minimum absolute atomic E-state index is 0.939. The summed E-state index contributed by atoms with van der Waals surface area (Å²) in [6.45, 7) is 6.57. The Balaban J connectivity index is 0.000000289. The van der Waals surface area contributed by atoms with E-state index in [1.54, 1.807) is 0 Å². The van der Waals surface area contributed by atoms with Gasteiger partial charge in [0.1, 0.15) is 0 Å². The van der Waals surface area contributed by atoms with Gasteiger partial charge in [-0.1, -0.05) is 0 Å². The van der Waals surface area contributed by atoms with Gasteiger partial charge in [-0.15, -0.1) is 0 Å². The third kappa shape index (κ3) is 5.95. The van der Waals surface area contributed by atoms with E-state index in [9.17, 15) is 0 Å². The van der Waals surface area contributed by atoms with E-state index < -0.39 is 8.07 Å². The fourth-order valence-electron chi connectivity index (χ4n) is 3.07. The van der Waals surface area contributed by atoms with Crippen molar-refractivity contribution in [2.75, 3.05) is 0 Å². The Morgan fingerprint density at radius 1 is 0.645 bits per heavy atom. The van der Waals surface area contributed by atoms with Crippen LogP contribution in [0.25, 0.3) is 46.4 Å². The first-order chi connectivity index (χ1) is 14.9. The van der Waals surface area contributed by atoms with Crippen LogP contribution in [0.5, 0.6) is 0 Å². The Labute approximate surface area is 191 Å². The van der Waals surface area contributed by atoms with Crippen LogP contribution in [0.2, 0.25) is 19.6 Å². The van der Waals surface area contributed by atoms with Gasteiger partial charge in [-0.05, 0) is 72.8 Å². The summed E-state index contributed by atoms with van der Waals surface area (Å²) in [5.41, 5.74) is 10.9. The first kappa shape index (κ1) is 21.1. The number of rotatable bonds is 0. The quantitative estimate of drug-likeness (QED) is 0.216. The number of hydrogen-bond acceptors (Lipinski definition) is 2. The van der Waals surface area contributed by atoms with Gasteiger partial charge in [-0.3, -0.25) is 0 Å². The van der Waals surface area contributed by atoms with E-state index >= 15 is 0 Å². The Morgan fingerprint density at radius 2 is 0.968 bits per heavy atom. The van der Waals surface area contributed by atoms with Crippen molar-refractivity contribution < 1.29 is 15.7 Å². The van der Waals surface area contributed by atoms with Gasteiger partial charge < -0.3 is 9.97 Å². The van der Waals surface area contributed by atoms with E-state index in [0.717, 1.165) is 44.8 Å². The Morgan fingerprint density at radius 3 is 1.19 bits per heavy atom. The van der Waals surface area contributed by atoms with Gasteiger partial charge in [0.05, 0.1) is 22.8 Å². The number of aromatic amines is 2. The molecule has 6 heteroatoms. The van der Waals surface area contributed by atoms with Crippen molar-refractivity contribution in [2.45, 2.75) is 19.6 Å². The molecular formula is C25H23CoN4Si. The van der Waals surface area contributed by atoms with Gasteiger partial charge in [0.25, 0.3) is 0 Å². The molecule has 2 aliphatic rings. The molecule has 0 saturated heterocycles. The summed E-state index contributed by atoms with van der Waals surface area (Å²) < 4.78 is 0. The number of aromatic nitrogens is 4. The molecule has 0 fully saturated rings. The first-order valence-corrected chi connectivity index (χ1v) is 14.0. The molecule has 5 heterocycles. The molecule has 2 aliphatic heterocycles. The molecule has 2 N–H and O–H groups in total. The topological polar surface area (TPSA) is 57.4 Å². The fraction of sp³-hybridized carbons (Fsp3) is 0.120. The summed E-state index contributed by atoms with van der Waals surface area (Å²) >= 11 is 3.83. The van der Waals surface area contributed by atoms with E-state index in [0.29, 0.717) is 0 Å². The van der Waals surface area contributed by atoms with Crippen LogP contribution in [0, 0.1) is 10.4 Å². The van der Waals surface area contributed by atoms with Gasteiger partial charge in [-0.25, -0.2) is 9.97 Å². The van der Waals surface area contributed by atoms with Gasteiger partial charge in [-0.2, -0.15) is 0 Å². The van der Waals surface area contributed by atoms with E-state index in [2.05, 4.69) is 90.0 Å². The summed E-state index contributed by atoms with van der Waals surface area (Å²) in [4.78, 5) is 18.6. The first-order valence-electron chi connectivity index (χ1n) is 10.0. The molecule has 0 unspecified atom stereocenters. The summed E-state index contributed by atoms with van der Waals surface area (Å²) in [6.07, 6.45) is 8.09. The Kier molecular flexibility index (Phi) is 6.09. The van der Waals surface area contributed by atoms with Crippen LogP contribution in [0.1, 0.15) is 22.8 Å². The second-order valence-corrected chi connectivity index (χ2v) is 13.4. The Bertz CT molecular complexity index is 1220. The second kappa shape index (κ2) is 8.94. The fourth-order valence-corrected chi connectivity index (χ4v) is 4.49.